The standard InChI is InChI=1S/C10H18ClNOS/c1-8(11)10(13)12(2)9-4-3-6-14-7-5-9/h8-9H,3-7H2,1-2H3. The van der Waals surface area contributed by atoms with Gasteiger partial charge < -0.3 is 4.90 Å². The quantitative estimate of drug-likeness (QED) is 0.685. The molecular weight excluding hydrogens is 218 g/mol. The summed E-state index contributed by atoms with van der Waals surface area (Å²) in [4.78, 5) is 13.5. The van der Waals surface area contributed by atoms with Crippen LogP contribution in [0.5, 0.6) is 0 Å². The lowest BCUT2D eigenvalue weighted by Gasteiger charge is -2.27. The van der Waals surface area contributed by atoms with Crippen molar-refractivity contribution in [2.45, 2.75) is 37.6 Å². The fourth-order valence-corrected chi connectivity index (χ4v) is 2.90. The Labute approximate surface area is 95.4 Å². The molecule has 1 aliphatic rings. The van der Waals surface area contributed by atoms with Crippen LogP contribution < -0.4 is 0 Å². The maximum absolute atomic E-state index is 11.6. The van der Waals surface area contributed by atoms with Gasteiger partial charge in [-0.3, -0.25) is 4.79 Å². The lowest BCUT2D eigenvalue weighted by atomic mass is 10.1. The van der Waals surface area contributed by atoms with Gasteiger partial charge >= 0.3 is 0 Å². The molecule has 1 aliphatic heterocycles. The molecule has 0 radical (unpaired) electrons. The number of carbonyl (C=O) groups is 1. The van der Waals surface area contributed by atoms with Crippen molar-refractivity contribution in [2.24, 2.45) is 0 Å². The molecule has 2 atom stereocenters. The Hall–Kier alpha value is 0.110. The van der Waals surface area contributed by atoms with Gasteiger partial charge in [0, 0.05) is 13.1 Å². The van der Waals surface area contributed by atoms with Gasteiger partial charge in [-0.05, 0) is 37.7 Å². The van der Waals surface area contributed by atoms with Crippen molar-refractivity contribution in [2.75, 3.05) is 18.6 Å². The summed E-state index contributed by atoms with van der Waals surface area (Å²) in [6.45, 7) is 1.74. The van der Waals surface area contributed by atoms with Crippen molar-refractivity contribution >= 4 is 29.3 Å². The van der Waals surface area contributed by atoms with Crippen LogP contribution in [0.25, 0.3) is 0 Å². The normalized spacial score (nSPS) is 25.2. The molecule has 1 heterocycles. The monoisotopic (exact) mass is 235 g/mol. The molecule has 0 aromatic rings. The van der Waals surface area contributed by atoms with Gasteiger partial charge in [-0.15, -0.1) is 11.6 Å². The van der Waals surface area contributed by atoms with E-state index in [9.17, 15) is 4.79 Å². The maximum Gasteiger partial charge on any atom is 0.240 e. The van der Waals surface area contributed by atoms with Gasteiger partial charge in [-0.2, -0.15) is 11.8 Å². The van der Waals surface area contributed by atoms with E-state index in [4.69, 9.17) is 11.6 Å². The Kier molecular flexibility index (Phi) is 5.10. The second kappa shape index (κ2) is 5.86. The average Bonchev–Trinajstić information content (AvgIpc) is 2.43. The van der Waals surface area contributed by atoms with E-state index in [1.165, 1.54) is 17.9 Å². The van der Waals surface area contributed by atoms with Crippen LogP contribution in [0.2, 0.25) is 0 Å². The van der Waals surface area contributed by atoms with E-state index in [-0.39, 0.29) is 5.91 Å². The van der Waals surface area contributed by atoms with Crippen molar-refractivity contribution < 1.29 is 4.79 Å². The minimum Gasteiger partial charge on any atom is -0.341 e. The van der Waals surface area contributed by atoms with E-state index < -0.39 is 5.38 Å². The summed E-state index contributed by atoms with van der Waals surface area (Å²) in [5, 5.41) is -0.393. The highest BCUT2D eigenvalue weighted by Gasteiger charge is 2.23. The van der Waals surface area contributed by atoms with Gasteiger partial charge in [0.1, 0.15) is 5.38 Å². The number of halogens is 1. The first-order chi connectivity index (χ1) is 6.63. The predicted octanol–water partition coefficient (Wildman–Crippen LogP) is 2.36. The first-order valence-corrected chi connectivity index (χ1v) is 6.70. The number of rotatable bonds is 2. The molecule has 14 heavy (non-hydrogen) atoms. The fraction of sp³-hybridized carbons (Fsp3) is 0.900. The van der Waals surface area contributed by atoms with E-state index >= 15 is 0 Å². The molecule has 1 rings (SSSR count). The molecule has 2 unspecified atom stereocenters. The van der Waals surface area contributed by atoms with Gasteiger partial charge in [0.25, 0.3) is 0 Å². The molecule has 0 saturated carbocycles. The highest BCUT2D eigenvalue weighted by Crippen LogP contribution is 2.21. The van der Waals surface area contributed by atoms with E-state index in [0.29, 0.717) is 6.04 Å². The minimum absolute atomic E-state index is 0.0589. The second-order valence-electron chi connectivity index (χ2n) is 3.76. The zero-order valence-corrected chi connectivity index (χ0v) is 10.4. The Balaban J connectivity index is 2.49. The highest BCUT2D eigenvalue weighted by molar-refractivity contribution is 7.99. The Morgan fingerprint density at radius 3 is 2.86 bits per heavy atom. The summed E-state index contributed by atoms with van der Waals surface area (Å²) in [7, 11) is 1.88. The lowest BCUT2D eigenvalue weighted by molar-refractivity contribution is -0.131. The molecule has 2 nitrogen and oxygen atoms in total. The Bertz CT molecular complexity index is 191. The van der Waals surface area contributed by atoms with Gasteiger partial charge in [0.05, 0.1) is 0 Å². The van der Waals surface area contributed by atoms with Crippen molar-refractivity contribution in [3.63, 3.8) is 0 Å². The van der Waals surface area contributed by atoms with E-state index in [2.05, 4.69) is 0 Å². The molecular formula is C10H18ClNOS. The van der Waals surface area contributed by atoms with Crippen LogP contribution in [0.1, 0.15) is 26.2 Å². The first-order valence-electron chi connectivity index (χ1n) is 5.11. The van der Waals surface area contributed by atoms with Crippen molar-refractivity contribution in [3.05, 3.63) is 0 Å². The van der Waals surface area contributed by atoms with E-state index in [1.807, 2.05) is 23.7 Å². The average molecular weight is 236 g/mol. The molecule has 82 valence electrons. The number of amides is 1. The summed E-state index contributed by atoms with van der Waals surface area (Å²) >= 11 is 7.77. The third kappa shape index (κ3) is 3.35. The largest absolute Gasteiger partial charge is 0.341 e. The summed E-state index contributed by atoms with van der Waals surface area (Å²) in [5.41, 5.74) is 0. The molecule has 0 aromatic heterocycles. The topological polar surface area (TPSA) is 20.3 Å². The Morgan fingerprint density at radius 2 is 2.21 bits per heavy atom. The summed E-state index contributed by atoms with van der Waals surface area (Å²) in [5.74, 6) is 2.46. The summed E-state index contributed by atoms with van der Waals surface area (Å²) < 4.78 is 0. The zero-order chi connectivity index (χ0) is 10.6. The Morgan fingerprint density at radius 1 is 1.50 bits per heavy atom. The van der Waals surface area contributed by atoms with E-state index in [1.54, 1.807) is 6.92 Å². The second-order valence-corrected chi connectivity index (χ2v) is 5.64. The maximum atomic E-state index is 11.6. The molecule has 1 saturated heterocycles. The van der Waals surface area contributed by atoms with Crippen molar-refractivity contribution in [1.29, 1.82) is 0 Å². The molecule has 0 aromatic carbocycles. The smallest absolute Gasteiger partial charge is 0.240 e. The molecule has 1 amide bonds. The predicted molar refractivity (Wildman–Crippen MR) is 63.0 cm³/mol. The molecule has 0 aliphatic carbocycles. The third-order valence-corrected chi connectivity index (χ3v) is 3.95. The van der Waals surface area contributed by atoms with Crippen LogP contribution in [0.4, 0.5) is 0 Å². The molecule has 0 spiro atoms. The molecule has 4 heteroatoms. The van der Waals surface area contributed by atoms with Crippen LogP contribution in [-0.4, -0.2) is 40.8 Å². The van der Waals surface area contributed by atoms with Gasteiger partial charge in [0.15, 0.2) is 0 Å². The number of carbonyl (C=O) groups excluding carboxylic acids is 1. The van der Waals surface area contributed by atoms with Crippen LogP contribution >= 0.6 is 23.4 Å². The molecule has 0 bridgehead atoms. The fourth-order valence-electron chi connectivity index (χ4n) is 1.73. The first kappa shape index (κ1) is 12.2. The highest BCUT2D eigenvalue weighted by atomic mass is 35.5. The van der Waals surface area contributed by atoms with Gasteiger partial charge in [-0.25, -0.2) is 0 Å². The third-order valence-electron chi connectivity index (χ3n) is 2.66. The van der Waals surface area contributed by atoms with Gasteiger partial charge in [0.2, 0.25) is 5.91 Å². The van der Waals surface area contributed by atoms with Crippen LogP contribution in [-0.2, 0) is 4.79 Å². The van der Waals surface area contributed by atoms with Gasteiger partial charge in [-0.1, -0.05) is 0 Å². The lowest BCUT2D eigenvalue weighted by Crippen LogP contribution is -2.40. The summed E-state index contributed by atoms with van der Waals surface area (Å²) in [6.07, 6.45) is 3.44. The number of thioether (sulfide) groups is 1. The number of alkyl halides is 1. The van der Waals surface area contributed by atoms with Crippen LogP contribution in [0.15, 0.2) is 0 Å². The van der Waals surface area contributed by atoms with Crippen LogP contribution in [0.3, 0.4) is 0 Å². The molecule has 1 fully saturated rings. The van der Waals surface area contributed by atoms with E-state index in [0.717, 1.165) is 12.8 Å². The zero-order valence-electron chi connectivity index (χ0n) is 8.83. The number of hydrogen-bond donors (Lipinski definition) is 0. The SMILES string of the molecule is CC(Cl)C(=O)N(C)C1CCCSCC1. The summed E-state index contributed by atoms with van der Waals surface area (Å²) in [6, 6.07) is 0.402. The molecule has 0 N–H and O–H groups in total. The van der Waals surface area contributed by atoms with Crippen molar-refractivity contribution in [3.8, 4) is 0 Å². The minimum atomic E-state index is -0.393. The number of nitrogens with zero attached hydrogens (tertiary/aromatic N) is 1. The number of hydrogen-bond acceptors (Lipinski definition) is 2. The van der Waals surface area contributed by atoms with Crippen LogP contribution in [0, 0.1) is 0 Å². The van der Waals surface area contributed by atoms with Crippen molar-refractivity contribution in [1.82, 2.24) is 4.90 Å².